The Hall–Kier alpha value is 0.130. The number of rotatable bonds is 2. The molecule has 3 rings (SSSR count). The zero-order chi connectivity index (χ0) is 13.0. The van der Waals surface area contributed by atoms with Crippen LogP contribution in [-0.4, -0.2) is 16.9 Å². The highest BCUT2D eigenvalue weighted by Crippen LogP contribution is 2.64. The lowest BCUT2D eigenvalue weighted by Crippen LogP contribution is -2.63. The largest absolute Gasteiger partial charge is 0.223 e. The Balaban J connectivity index is 1.98. The zero-order valence-electron chi connectivity index (χ0n) is 9.72. The quantitative estimate of drug-likeness (QED) is 0.717. The van der Waals surface area contributed by atoms with Crippen molar-refractivity contribution in [3.05, 3.63) is 30.3 Å². The van der Waals surface area contributed by atoms with Crippen molar-refractivity contribution in [3.8, 4) is 0 Å². The second-order valence-electron chi connectivity index (χ2n) is 5.14. The molecule has 0 unspecified atom stereocenters. The highest BCUT2D eigenvalue weighted by Gasteiger charge is 2.65. The Morgan fingerprint density at radius 2 is 1.61 bits per heavy atom. The van der Waals surface area contributed by atoms with Crippen LogP contribution >= 0.6 is 31.9 Å². The normalized spacial score (nSPS) is 33.8. The second kappa shape index (κ2) is 4.32. The van der Waals surface area contributed by atoms with E-state index in [1.54, 1.807) is 24.3 Å². The Morgan fingerprint density at radius 1 is 1.06 bits per heavy atom. The average molecular weight is 394 g/mol. The SMILES string of the molecule is O=S(=O)(c1ccccc1)C1[C@@H]2CCC[C@@H]1C2(Br)Br. The summed E-state index contributed by atoms with van der Waals surface area (Å²) in [4.78, 5) is 0.461. The summed E-state index contributed by atoms with van der Waals surface area (Å²) in [5.41, 5.74) is 0. The van der Waals surface area contributed by atoms with E-state index < -0.39 is 9.84 Å². The third-order valence-corrected chi connectivity index (χ3v) is 8.90. The minimum Gasteiger partial charge on any atom is -0.223 e. The molecule has 0 spiro atoms. The summed E-state index contributed by atoms with van der Waals surface area (Å²) in [5.74, 6) is 0.364. The number of hydrogen-bond acceptors (Lipinski definition) is 2. The summed E-state index contributed by atoms with van der Waals surface area (Å²) >= 11 is 7.33. The van der Waals surface area contributed by atoms with Crippen molar-refractivity contribution in [1.29, 1.82) is 0 Å². The van der Waals surface area contributed by atoms with Crippen LogP contribution in [0, 0.1) is 11.8 Å². The van der Waals surface area contributed by atoms with E-state index >= 15 is 0 Å². The fraction of sp³-hybridized carbons (Fsp3) is 0.538. The van der Waals surface area contributed by atoms with Crippen LogP contribution in [0.4, 0.5) is 0 Å². The van der Waals surface area contributed by atoms with Gasteiger partial charge in [0, 0.05) is 11.8 Å². The van der Waals surface area contributed by atoms with Gasteiger partial charge < -0.3 is 0 Å². The lowest BCUT2D eigenvalue weighted by molar-refractivity contribution is 0.121. The minimum absolute atomic E-state index is 0.162. The van der Waals surface area contributed by atoms with E-state index in [9.17, 15) is 8.42 Å². The van der Waals surface area contributed by atoms with Gasteiger partial charge in [0.2, 0.25) is 0 Å². The van der Waals surface area contributed by atoms with Crippen LogP contribution in [0.2, 0.25) is 0 Å². The van der Waals surface area contributed by atoms with Crippen molar-refractivity contribution in [2.24, 2.45) is 11.8 Å². The van der Waals surface area contributed by atoms with Crippen LogP contribution in [0.15, 0.2) is 35.2 Å². The molecule has 1 aromatic carbocycles. The predicted molar refractivity (Wildman–Crippen MR) is 78.8 cm³/mol. The third-order valence-electron chi connectivity index (χ3n) is 4.24. The van der Waals surface area contributed by atoms with E-state index in [1.807, 2.05) is 6.07 Å². The monoisotopic (exact) mass is 392 g/mol. The van der Waals surface area contributed by atoms with Crippen molar-refractivity contribution in [3.63, 3.8) is 0 Å². The Labute approximate surface area is 124 Å². The summed E-state index contributed by atoms with van der Waals surface area (Å²) < 4.78 is 25.2. The van der Waals surface area contributed by atoms with E-state index in [2.05, 4.69) is 31.9 Å². The van der Waals surface area contributed by atoms with Gasteiger partial charge in [-0.2, -0.15) is 0 Å². The molecule has 2 aliphatic rings. The smallest absolute Gasteiger partial charge is 0.181 e. The molecule has 1 aromatic rings. The van der Waals surface area contributed by atoms with Crippen LogP contribution < -0.4 is 0 Å². The fourth-order valence-electron chi connectivity index (χ4n) is 3.35. The van der Waals surface area contributed by atoms with E-state index in [-0.39, 0.29) is 20.3 Å². The predicted octanol–water partition coefficient (Wildman–Crippen LogP) is 3.74. The Kier molecular flexibility index (Phi) is 3.15. The first-order chi connectivity index (χ1) is 8.45. The molecule has 98 valence electrons. The summed E-state index contributed by atoms with van der Waals surface area (Å²) in [7, 11) is -3.19. The third kappa shape index (κ3) is 1.74. The van der Waals surface area contributed by atoms with Crippen LogP contribution in [0.25, 0.3) is 0 Å². The molecule has 2 bridgehead atoms. The van der Waals surface area contributed by atoms with Crippen LogP contribution in [0.3, 0.4) is 0 Å². The maximum absolute atomic E-state index is 12.7. The van der Waals surface area contributed by atoms with E-state index in [1.165, 1.54) is 0 Å². The lowest BCUT2D eigenvalue weighted by atomic mass is 9.64. The molecule has 5 heteroatoms. The first-order valence-corrected chi connectivity index (χ1v) is 9.25. The van der Waals surface area contributed by atoms with Crippen molar-refractivity contribution >= 4 is 41.7 Å². The van der Waals surface area contributed by atoms with Gasteiger partial charge in [0.1, 0.15) is 0 Å². The number of halogens is 2. The van der Waals surface area contributed by atoms with E-state index in [4.69, 9.17) is 0 Å². The van der Waals surface area contributed by atoms with Crippen LogP contribution in [-0.2, 0) is 9.84 Å². The zero-order valence-corrected chi connectivity index (χ0v) is 13.7. The van der Waals surface area contributed by atoms with Gasteiger partial charge in [0.25, 0.3) is 0 Å². The molecular formula is C13H14Br2O2S. The number of sulfone groups is 1. The molecule has 0 amide bonds. The molecule has 2 nitrogen and oxygen atoms in total. The van der Waals surface area contributed by atoms with Crippen LogP contribution in [0.5, 0.6) is 0 Å². The number of fused-ring (bicyclic) bond motifs is 2. The molecule has 0 N–H and O–H groups in total. The number of hydrogen-bond donors (Lipinski definition) is 0. The van der Waals surface area contributed by atoms with Gasteiger partial charge >= 0.3 is 0 Å². The molecule has 2 fully saturated rings. The van der Waals surface area contributed by atoms with E-state index in [0.29, 0.717) is 4.90 Å². The number of alkyl halides is 2. The minimum atomic E-state index is -3.19. The highest BCUT2D eigenvalue weighted by molar-refractivity contribution is 9.25. The van der Waals surface area contributed by atoms with Gasteiger partial charge in [-0.05, 0) is 25.0 Å². The summed E-state index contributed by atoms with van der Waals surface area (Å²) in [6.07, 6.45) is 3.09. The van der Waals surface area contributed by atoms with Gasteiger partial charge in [-0.15, -0.1) is 0 Å². The average Bonchev–Trinajstić information content (AvgIpc) is 2.39. The second-order valence-corrected chi connectivity index (χ2v) is 10.9. The van der Waals surface area contributed by atoms with Crippen molar-refractivity contribution in [1.82, 2.24) is 0 Å². The lowest BCUT2D eigenvalue weighted by Gasteiger charge is -2.58. The summed E-state index contributed by atoms with van der Waals surface area (Å²) in [5, 5.41) is -0.229. The molecule has 0 aromatic heterocycles. The molecule has 0 radical (unpaired) electrons. The molecule has 18 heavy (non-hydrogen) atoms. The topological polar surface area (TPSA) is 34.1 Å². The summed E-state index contributed by atoms with van der Waals surface area (Å²) in [6.45, 7) is 0. The van der Waals surface area contributed by atoms with Gasteiger partial charge in [-0.3, -0.25) is 0 Å². The van der Waals surface area contributed by atoms with E-state index in [0.717, 1.165) is 19.3 Å². The molecule has 0 aliphatic heterocycles. The Bertz CT molecular complexity index is 540. The van der Waals surface area contributed by atoms with Gasteiger partial charge in [0.15, 0.2) is 9.84 Å². The molecule has 0 heterocycles. The van der Waals surface area contributed by atoms with Gasteiger partial charge in [0.05, 0.1) is 13.4 Å². The highest BCUT2D eigenvalue weighted by atomic mass is 79.9. The molecular weight excluding hydrogens is 380 g/mol. The molecule has 0 saturated heterocycles. The van der Waals surface area contributed by atoms with Crippen molar-refractivity contribution < 1.29 is 8.42 Å². The first-order valence-electron chi connectivity index (χ1n) is 6.12. The molecule has 2 saturated carbocycles. The molecule has 2 atom stereocenters. The van der Waals surface area contributed by atoms with Crippen molar-refractivity contribution in [2.45, 2.75) is 32.6 Å². The first kappa shape index (κ1) is 13.1. The standard InChI is InChI=1S/C13H14Br2O2S/c14-13(15)10-7-4-8-11(13)12(10)18(16,17)9-5-2-1-3-6-9/h1-3,5-6,10-12H,4,7-8H2/t10-,11-/m0/s1. The van der Waals surface area contributed by atoms with Gasteiger partial charge in [-0.25, -0.2) is 8.42 Å². The van der Waals surface area contributed by atoms with Gasteiger partial charge in [-0.1, -0.05) is 56.5 Å². The summed E-state index contributed by atoms with van der Waals surface area (Å²) in [6, 6.07) is 8.83. The maximum atomic E-state index is 12.7. The Morgan fingerprint density at radius 3 is 2.11 bits per heavy atom. The molecule has 2 aliphatic carbocycles. The van der Waals surface area contributed by atoms with Crippen molar-refractivity contribution in [2.75, 3.05) is 0 Å². The van der Waals surface area contributed by atoms with Crippen LogP contribution in [0.1, 0.15) is 19.3 Å². The maximum Gasteiger partial charge on any atom is 0.181 e. The number of benzene rings is 1. The fourth-order valence-corrected chi connectivity index (χ4v) is 8.52.